The molecule has 4 amide bonds. The van der Waals surface area contributed by atoms with E-state index in [9.17, 15) is 29.1 Å². The zero-order chi connectivity index (χ0) is 22.3. The van der Waals surface area contributed by atoms with E-state index in [1.54, 1.807) is 13.8 Å². The van der Waals surface area contributed by atoms with Gasteiger partial charge in [0.2, 0.25) is 23.6 Å². The number of carbonyl (C=O) groups excluding carboxylic acids is 4. The van der Waals surface area contributed by atoms with Crippen LogP contribution >= 0.6 is 0 Å². The summed E-state index contributed by atoms with van der Waals surface area (Å²) >= 11 is 0. The molecule has 1 rings (SSSR count). The standard InChI is InChI=1S/C18H31N5O6/c1-9(2)14(18(28)29)22-16(26)12-5-4-8-23(12)17(27)10(3)21-15(25)11(19)6-7-13(20)24/h9-12,14H,4-8,19H2,1-3H3,(H2,20,24)(H,21,25)(H,22,26)(H,28,29). The number of hydrogen-bond acceptors (Lipinski definition) is 6. The number of rotatable bonds is 10. The molecular formula is C18H31N5O6. The van der Waals surface area contributed by atoms with Gasteiger partial charge in [-0.05, 0) is 32.1 Å². The molecule has 1 saturated heterocycles. The van der Waals surface area contributed by atoms with Gasteiger partial charge in [-0.1, -0.05) is 13.8 Å². The van der Waals surface area contributed by atoms with Crippen molar-refractivity contribution in [2.24, 2.45) is 17.4 Å². The third kappa shape index (κ3) is 7.00. The molecular weight excluding hydrogens is 382 g/mol. The second kappa shape index (κ2) is 10.7. The number of carboxylic acid groups (broad SMARTS) is 1. The van der Waals surface area contributed by atoms with Gasteiger partial charge in [-0.25, -0.2) is 4.79 Å². The van der Waals surface area contributed by atoms with Gasteiger partial charge in [0.25, 0.3) is 0 Å². The maximum absolute atomic E-state index is 12.7. The Bertz CT molecular complexity index is 653. The minimum atomic E-state index is -1.14. The van der Waals surface area contributed by atoms with Crippen molar-refractivity contribution in [3.63, 3.8) is 0 Å². The van der Waals surface area contributed by atoms with Gasteiger partial charge in [0.1, 0.15) is 18.1 Å². The van der Waals surface area contributed by atoms with Crippen molar-refractivity contribution in [1.29, 1.82) is 0 Å². The number of nitrogens with two attached hydrogens (primary N) is 2. The van der Waals surface area contributed by atoms with E-state index in [2.05, 4.69) is 10.6 Å². The molecule has 0 radical (unpaired) electrons. The van der Waals surface area contributed by atoms with Crippen LogP contribution in [-0.4, -0.2) is 70.3 Å². The minimum absolute atomic E-state index is 0.0497. The van der Waals surface area contributed by atoms with Crippen LogP contribution in [0, 0.1) is 5.92 Å². The predicted octanol–water partition coefficient (Wildman–Crippen LogP) is -1.70. The van der Waals surface area contributed by atoms with Crippen LogP contribution in [0.25, 0.3) is 0 Å². The van der Waals surface area contributed by atoms with Crippen molar-refractivity contribution in [2.75, 3.05) is 6.54 Å². The molecule has 0 aliphatic carbocycles. The van der Waals surface area contributed by atoms with E-state index in [0.717, 1.165) is 0 Å². The third-order valence-corrected chi connectivity index (χ3v) is 4.84. The summed E-state index contributed by atoms with van der Waals surface area (Å²) in [6.07, 6.45) is 0.997. The molecule has 0 saturated carbocycles. The quantitative estimate of drug-likeness (QED) is 0.282. The molecule has 1 aliphatic rings. The molecule has 11 heteroatoms. The zero-order valence-electron chi connectivity index (χ0n) is 17.0. The highest BCUT2D eigenvalue weighted by molar-refractivity contribution is 5.94. The van der Waals surface area contributed by atoms with E-state index in [1.807, 2.05) is 0 Å². The number of hydrogen-bond donors (Lipinski definition) is 5. The first-order chi connectivity index (χ1) is 13.5. The second-order valence-corrected chi connectivity index (χ2v) is 7.60. The van der Waals surface area contributed by atoms with Crippen LogP contribution in [0.2, 0.25) is 0 Å². The molecule has 4 unspecified atom stereocenters. The fourth-order valence-corrected chi connectivity index (χ4v) is 3.13. The van der Waals surface area contributed by atoms with Crippen LogP contribution in [0.5, 0.6) is 0 Å². The van der Waals surface area contributed by atoms with Gasteiger partial charge in [0, 0.05) is 13.0 Å². The maximum Gasteiger partial charge on any atom is 0.326 e. The molecule has 164 valence electrons. The van der Waals surface area contributed by atoms with E-state index in [4.69, 9.17) is 11.5 Å². The summed E-state index contributed by atoms with van der Waals surface area (Å²) < 4.78 is 0. The van der Waals surface area contributed by atoms with Crippen LogP contribution in [0.1, 0.15) is 46.5 Å². The van der Waals surface area contributed by atoms with Crippen LogP contribution in [0.4, 0.5) is 0 Å². The summed E-state index contributed by atoms with van der Waals surface area (Å²) in [5.74, 6) is -3.64. The Morgan fingerprint density at radius 1 is 1.14 bits per heavy atom. The number of nitrogens with one attached hydrogen (secondary N) is 2. The van der Waals surface area contributed by atoms with Crippen LogP contribution in [-0.2, 0) is 24.0 Å². The third-order valence-electron chi connectivity index (χ3n) is 4.84. The van der Waals surface area contributed by atoms with Crippen LogP contribution in [0.15, 0.2) is 0 Å². The Labute approximate surface area is 169 Å². The second-order valence-electron chi connectivity index (χ2n) is 7.60. The lowest BCUT2D eigenvalue weighted by molar-refractivity contribution is -0.145. The van der Waals surface area contributed by atoms with Crippen LogP contribution < -0.4 is 22.1 Å². The highest BCUT2D eigenvalue weighted by Crippen LogP contribution is 2.19. The number of aliphatic carboxylic acids is 1. The molecule has 0 spiro atoms. The van der Waals surface area contributed by atoms with E-state index in [-0.39, 0.29) is 18.8 Å². The Balaban J connectivity index is 2.71. The monoisotopic (exact) mass is 413 g/mol. The number of likely N-dealkylation sites (tertiary alicyclic amines) is 1. The Kier molecular flexibility index (Phi) is 9.02. The fraction of sp³-hybridized carbons (Fsp3) is 0.722. The first-order valence-electron chi connectivity index (χ1n) is 9.63. The molecule has 0 bridgehead atoms. The van der Waals surface area contributed by atoms with Crippen LogP contribution in [0.3, 0.4) is 0 Å². The van der Waals surface area contributed by atoms with Crippen molar-refractivity contribution in [1.82, 2.24) is 15.5 Å². The van der Waals surface area contributed by atoms with Gasteiger partial charge in [0.05, 0.1) is 6.04 Å². The molecule has 7 N–H and O–H groups in total. The lowest BCUT2D eigenvalue weighted by Gasteiger charge is -2.29. The number of nitrogens with zero attached hydrogens (tertiary/aromatic N) is 1. The average Bonchev–Trinajstić information content (AvgIpc) is 3.12. The van der Waals surface area contributed by atoms with E-state index >= 15 is 0 Å². The zero-order valence-corrected chi connectivity index (χ0v) is 17.0. The van der Waals surface area contributed by atoms with Gasteiger partial charge >= 0.3 is 5.97 Å². The van der Waals surface area contributed by atoms with Gasteiger partial charge in [-0.15, -0.1) is 0 Å². The fourth-order valence-electron chi connectivity index (χ4n) is 3.13. The summed E-state index contributed by atoms with van der Waals surface area (Å²) in [6, 6.07) is -3.78. The Morgan fingerprint density at radius 3 is 2.28 bits per heavy atom. The van der Waals surface area contributed by atoms with Gasteiger partial charge in [-0.2, -0.15) is 0 Å². The first kappa shape index (κ1) is 24.3. The largest absolute Gasteiger partial charge is 0.480 e. The Hall–Kier alpha value is -2.69. The molecule has 0 aromatic heterocycles. The SMILES string of the molecule is CC(NC(=O)C(N)CCC(N)=O)C(=O)N1CCCC1C(=O)NC(C(=O)O)C(C)C. The smallest absolute Gasteiger partial charge is 0.326 e. The molecule has 0 aromatic carbocycles. The average molecular weight is 413 g/mol. The summed E-state index contributed by atoms with van der Waals surface area (Å²) in [7, 11) is 0. The van der Waals surface area contributed by atoms with Crippen molar-refractivity contribution in [3.8, 4) is 0 Å². The maximum atomic E-state index is 12.7. The topological polar surface area (TPSA) is 185 Å². The normalized spacial score (nSPS) is 19.3. The predicted molar refractivity (Wildman–Crippen MR) is 103 cm³/mol. The number of carbonyl (C=O) groups is 5. The molecule has 1 fully saturated rings. The molecule has 1 heterocycles. The van der Waals surface area contributed by atoms with Crippen molar-refractivity contribution >= 4 is 29.6 Å². The van der Waals surface area contributed by atoms with Crippen molar-refractivity contribution in [3.05, 3.63) is 0 Å². The lowest BCUT2D eigenvalue weighted by Crippen LogP contribution is -2.56. The molecule has 4 atom stereocenters. The molecule has 29 heavy (non-hydrogen) atoms. The summed E-state index contributed by atoms with van der Waals surface area (Å²) in [4.78, 5) is 60.8. The minimum Gasteiger partial charge on any atom is -0.480 e. The van der Waals surface area contributed by atoms with Gasteiger partial charge in [0.15, 0.2) is 0 Å². The molecule has 11 nitrogen and oxygen atoms in total. The number of primary amides is 1. The summed E-state index contributed by atoms with van der Waals surface area (Å²) in [5, 5.41) is 14.2. The van der Waals surface area contributed by atoms with E-state index in [0.29, 0.717) is 19.4 Å². The highest BCUT2D eigenvalue weighted by Gasteiger charge is 2.38. The van der Waals surface area contributed by atoms with Gasteiger partial charge < -0.3 is 32.1 Å². The van der Waals surface area contributed by atoms with Crippen molar-refractivity contribution < 1.29 is 29.1 Å². The van der Waals surface area contributed by atoms with Crippen molar-refractivity contribution in [2.45, 2.75) is 70.6 Å². The molecule has 1 aliphatic heterocycles. The lowest BCUT2D eigenvalue weighted by atomic mass is 10.0. The van der Waals surface area contributed by atoms with E-state index in [1.165, 1.54) is 11.8 Å². The van der Waals surface area contributed by atoms with Gasteiger partial charge in [-0.3, -0.25) is 19.2 Å². The van der Waals surface area contributed by atoms with E-state index < -0.39 is 53.8 Å². The summed E-state index contributed by atoms with van der Waals surface area (Å²) in [6.45, 7) is 5.15. The number of carboxylic acids is 1. The summed E-state index contributed by atoms with van der Waals surface area (Å²) in [5.41, 5.74) is 10.7. The number of amides is 4. The molecule has 0 aromatic rings. The highest BCUT2D eigenvalue weighted by atomic mass is 16.4. The Morgan fingerprint density at radius 2 is 1.76 bits per heavy atom. The first-order valence-corrected chi connectivity index (χ1v) is 9.63.